The maximum absolute atomic E-state index is 13.6. The molecule has 1 saturated heterocycles. The smallest absolute Gasteiger partial charge is 0.412 e. The minimum atomic E-state index is -5.21. The van der Waals surface area contributed by atoms with E-state index in [2.05, 4.69) is 9.98 Å². The topological polar surface area (TPSA) is 170 Å². The third kappa shape index (κ3) is 3.51. The number of aliphatic hydroxyl groups is 2. The average molecular weight is 528 g/mol. The number of hydrogen-bond donors (Lipinski definition) is 5. The van der Waals surface area contributed by atoms with E-state index in [1.165, 1.54) is 0 Å². The van der Waals surface area contributed by atoms with Crippen LogP contribution in [0.4, 0.5) is 26.3 Å². The van der Waals surface area contributed by atoms with E-state index in [0.29, 0.717) is 17.2 Å². The van der Waals surface area contributed by atoms with Gasteiger partial charge in [0, 0.05) is 11.1 Å². The van der Waals surface area contributed by atoms with Crippen LogP contribution in [0.3, 0.4) is 0 Å². The Morgan fingerprint density at radius 1 is 1.19 bits per heavy atom. The number of guanidine groups is 2. The van der Waals surface area contributed by atoms with E-state index in [1.54, 1.807) is 0 Å². The van der Waals surface area contributed by atoms with Crippen LogP contribution < -0.4 is 11.5 Å². The maximum Gasteiger partial charge on any atom is 0.412 e. The molecule has 0 aromatic rings. The van der Waals surface area contributed by atoms with Crippen molar-refractivity contribution < 1.29 is 51.3 Å². The van der Waals surface area contributed by atoms with Gasteiger partial charge >= 0.3 is 18.3 Å². The predicted molar refractivity (Wildman–Crippen MR) is 108 cm³/mol. The van der Waals surface area contributed by atoms with Crippen LogP contribution in [0.1, 0.15) is 13.3 Å². The van der Waals surface area contributed by atoms with E-state index in [9.17, 15) is 46.6 Å². The Bertz CT molecular complexity index is 1090. The summed E-state index contributed by atoms with van der Waals surface area (Å²) in [5, 5.41) is 32.3. The van der Waals surface area contributed by atoms with Gasteiger partial charge in [0.1, 0.15) is 17.7 Å². The normalized spacial score (nSPS) is 36.5. The summed E-state index contributed by atoms with van der Waals surface area (Å²) in [6, 6.07) is -2.34. The van der Waals surface area contributed by atoms with Gasteiger partial charge in [-0.1, -0.05) is 12.2 Å². The van der Waals surface area contributed by atoms with Gasteiger partial charge in [-0.3, -0.25) is 5.21 Å². The zero-order valence-corrected chi connectivity index (χ0v) is 18.5. The van der Waals surface area contributed by atoms with E-state index >= 15 is 0 Å². The van der Waals surface area contributed by atoms with Crippen LogP contribution >= 0.6 is 0 Å². The number of hydroxylamine groups is 2. The number of halogens is 6. The van der Waals surface area contributed by atoms with Crippen molar-refractivity contribution in [2.75, 3.05) is 13.2 Å². The Kier molecular flexibility index (Phi) is 5.77. The monoisotopic (exact) mass is 528 g/mol. The number of allylic oxidation sites excluding steroid dienone is 3. The molecular weight excluding hydrogens is 506 g/mol. The molecule has 0 saturated carbocycles. The Morgan fingerprint density at radius 3 is 2.39 bits per heavy atom. The molecule has 6 unspecified atom stereocenters. The molecule has 4 rings (SSSR count). The van der Waals surface area contributed by atoms with Crippen LogP contribution in [-0.2, 0) is 9.53 Å². The van der Waals surface area contributed by atoms with Crippen LogP contribution in [-0.4, -0.2) is 98.2 Å². The number of nitrogens with two attached hydrogens (primary N) is 2. The van der Waals surface area contributed by atoms with Crippen molar-refractivity contribution in [2.24, 2.45) is 27.4 Å². The van der Waals surface area contributed by atoms with Gasteiger partial charge in [-0.05, 0) is 13.3 Å². The van der Waals surface area contributed by atoms with Crippen molar-refractivity contribution in [2.45, 2.75) is 55.1 Å². The summed E-state index contributed by atoms with van der Waals surface area (Å²) in [5.41, 5.74) is 4.71. The summed E-state index contributed by atoms with van der Waals surface area (Å²) in [5.74, 6) is -5.26. The lowest BCUT2D eigenvalue weighted by atomic mass is 9.79. The summed E-state index contributed by atoms with van der Waals surface area (Å²) < 4.78 is 85.0. The molecule has 17 heteroatoms. The van der Waals surface area contributed by atoms with Gasteiger partial charge in [0.2, 0.25) is 11.6 Å². The van der Waals surface area contributed by atoms with Gasteiger partial charge < -0.3 is 31.3 Å². The summed E-state index contributed by atoms with van der Waals surface area (Å²) >= 11 is 0. The van der Waals surface area contributed by atoms with Crippen molar-refractivity contribution in [1.82, 2.24) is 9.96 Å². The molecule has 3 aliphatic heterocycles. The van der Waals surface area contributed by atoms with Gasteiger partial charge in [-0.25, -0.2) is 14.8 Å². The molecular formula is C19H22F6N6O5. The fraction of sp³-hybridized carbons (Fsp3) is 0.632. The molecule has 6 atom stereocenters. The quantitative estimate of drug-likeness (QED) is 0.245. The second-order valence-electron chi connectivity index (χ2n) is 8.97. The van der Waals surface area contributed by atoms with Crippen molar-refractivity contribution >= 4 is 17.9 Å². The van der Waals surface area contributed by atoms with E-state index in [-0.39, 0.29) is 5.96 Å². The lowest BCUT2D eigenvalue weighted by Crippen LogP contribution is -2.76. The molecule has 36 heavy (non-hydrogen) atoms. The van der Waals surface area contributed by atoms with Crippen molar-refractivity contribution in [3.05, 3.63) is 23.3 Å². The lowest BCUT2D eigenvalue weighted by Gasteiger charge is -2.51. The fourth-order valence-electron chi connectivity index (χ4n) is 5.21. The number of hydrogen-bond acceptors (Lipinski definition) is 11. The maximum atomic E-state index is 13.6. The molecule has 200 valence electrons. The fourth-order valence-corrected chi connectivity index (χ4v) is 5.21. The highest BCUT2D eigenvalue weighted by Crippen LogP contribution is 2.51. The second kappa shape index (κ2) is 7.97. The number of ether oxygens (including phenoxy) is 1. The molecule has 0 aromatic carbocycles. The minimum Gasteiger partial charge on any atom is -0.454 e. The summed E-state index contributed by atoms with van der Waals surface area (Å²) in [6.45, 7) is -0.0587. The number of rotatable bonds is 3. The average Bonchev–Trinajstić information content (AvgIpc) is 3.17. The van der Waals surface area contributed by atoms with Gasteiger partial charge in [-0.15, -0.1) is 0 Å². The summed E-state index contributed by atoms with van der Waals surface area (Å²) in [6.07, 6.45) is -12.7. The zero-order valence-electron chi connectivity index (χ0n) is 18.5. The van der Waals surface area contributed by atoms with Crippen molar-refractivity contribution in [1.29, 1.82) is 0 Å². The third-order valence-corrected chi connectivity index (χ3v) is 6.99. The first-order valence-corrected chi connectivity index (χ1v) is 10.5. The number of aliphatic hydroxyl groups excluding tert-OH is 1. The number of carbonyl (C=O) groups excluding carboxylic acids is 1. The highest BCUT2D eigenvalue weighted by atomic mass is 19.4. The Balaban J connectivity index is 1.70. The van der Waals surface area contributed by atoms with Crippen LogP contribution in [0.15, 0.2) is 33.3 Å². The zero-order chi connectivity index (χ0) is 27.0. The molecule has 4 aliphatic rings. The Morgan fingerprint density at radius 2 is 1.83 bits per heavy atom. The Hall–Kier alpha value is -3.05. The summed E-state index contributed by atoms with van der Waals surface area (Å²) in [7, 11) is 0. The number of aliphatic imine (C=N–C) groups is 2. The van der Waals surface area contributed by atoms with Gasteiger partial charge in [0.15, 0.2) is 12.1 Å². The molecule has 0 radical (unpaired) electrons. The van der Waals surface area contributed by atoms with E-state index in [4.69, 9.17) is 16.2 Å². The van der Waals surface area contributed by atoms with Gasteiger partial charge in [0.05, 0.1) is 19.1 Å². The molecule has 3 heterocycles. The second-order valence-corrected chi connectivity index (χ2v) is 8.97. The van der Waals surface area contributed by atoms with Crippen LogP contribution in [0.2, 0.25) is 0 Å². The van der Waals surface area contributed by atoms with E-state index < -0.39 is 90.4 Å². The lowest BCUT2D eigenvalue weighted by molar-refractivity contribution is -0.232. The highest BCUT2D eigenvalue weighted by Gasteiger charge is 2.75. The molecule has 1 fully saturated rings. The first-order valence-electron chi connectivity index (χ1n) is 10.5. The third-order valence-electron chi connectivity index (χ3n) is 6.99. The van der Waals surface area contributed by atoms with E-state index in [1.807, 2.05) is 0 Å². The minimum absolute atomic E-state index is 0.323. The number of carbonyl (C=O) groups is 1. The van der Waals surface area contributed by atoms with Crippen LogP contribution in [0.25, 0.3) is 0 Å². The molecule has 0 bridgehead atoms. The van der Waals surface area contributed by atoms with Crippen LogP contribution in [0, 0.1) is 5.92 Å². The highest BCUT2D eigenvalue weighted by molar-refractivity contribution is 5.91. The molecule has 0 aromatic heterocycles. The number of nitrogens with zero attached hydrogens (tertiary/aromatic N) is 4. The molecule has 1 aliphatic carbocycles. The first kappa shape index (κ1) is 26.0. The van der Waals surface area contributed by atoms with Crippen molar-refractivity contribution in [3.63, 3.8) is 0 Å². The number of alkyl halides is 6. The van der Waals surface area contributed by atoms with Gasteiger partial charge in [-0.2, -0.15) is 31.4 Å². The van der Waals surface area contributed by atoms with Gasteiger partial charge in [0.25, 0.3) is 0 Å². The molecule has 7 N–H and O–H groups in total. The Labute approximate surface area is 199 Å². The first-order chi connectivity index (χ1) is 16.5. The SMILES string of the molecule is CC1(O)C(OC(=O)C2=CC=C(C(F)(F)F)CC2C(F)(F)F)CN2C(N)=NC(CO)C3N=C(N)N(O)C321. The summed E-state index contributed by atoms with van der Waals surface area (Å²) in [4.78, 5) is 22.0. The van der Waals surface area contributed by atoms with Crippen LogP contribution in [0.5, 0.6) is 0 Å². The van der Waals surface area contributed by atoms with E-state index in [0.717, 1.165) is 11.8 Å². The molecule has 1 spiro atoms. The largest absolute Gasteiger partial charge is 0.454 e. The number of esters is 1. The molecule has 0 amide bonds. The van der Waals surface area contributed by atoms with Crippen molar-refractivity contribution in [3.8, 4) is 0 Å². The standard InChI is InChI=1S/C19H22F6N6O5/c1-16(34)11(5-30-14(26)28-10(6-32)12-17(16,30)31(35)15(27)29-12)36-13(33)8-3-2-7(18(20,21)22)4-9(8)19(23,24)25/h2-3,9-12,32,34-35H,4-6H2,1H3,(H2,26,28)(H2,27,29). The predicted octanol–water partition coefficient (Wildman–Crippen LogP) is -0.264. The molecule has 11 nitrogen and oxygen atoms in total.